The van der Waals surface area contributed by atoms with E-state index in [1.165, 1.54) is 11.8 Å². The fourth-order valence-electron chi connectivity index (χ4n) is 2.97. The third-order valence-corrected chi connectivity index (χ3v) is 4.35. The van der Waals surface area contributed by atoms with Crippen molar-refractivity contribution in [1.29, 1.82) is 0 Å². The van der Waals surface area contributed by atoms with Crippen molar-refractivity contribution in [1.82, 2.24) is 5.32 Å². The number of benzene rings is 2. The summed E-state index contributed by atoms with van der Waals surface area (Å²) in [5, 5.41) is 2.49. The minimum Gasteiger partial charge on any atom is -0.497 e. The van der Waals surface area contributed by atoms with Gasteiger partial charge in [0.15, 0.2) is 5.78 Å². The highest BCUT2D eigenvalue weighted by molar-refractivity contribution is 6.15. The number of rotatable bonds is 6. The van der Waals surface area contributed by atoms with E-state index in [0.29, 0.717) is 11.4 Å². The Bertz CT molecular complexity index is 835. The van der Waals surface area contributed by atoms with Gasteiger partial charge in [0.2, 0.25) is 0 Å². The summed E-state index contributed by atoms with van der Waals surface area (Å²) >= 11 is 0. The minimum absolute atomic E-state index is 0.0838. The Labute approximate surface area is 156 Å². The van der Waals surface area contributed by atoms with Crippen LogP contribution in [0.3, 0.4) is 0 Å². The number of nitrogens with one attached hydrogen (secondary N) is 1. The van der Waals surface area contributed by atoms with Crippen molar-refractivity contribution >= 4 is 23.5 Å². The predicted octanol–water partition coefficient (Wildman–Crippen LogP) is 2.29. The molecule has 1 heterocycles. The van der Waals surface area contributed by atoms with Gasteiger partial charge in [-0.1, -0.05) is 30.3 Å². The first kappa shape index (κ1) is 18.4. The Morgan fingerprint density at radius 1 is 1.07 bits per heavy atom. The first-order chi connectivity index (χ1) is 13.0. The molecule has 2 unspecified atom stereocenters. The van der Waals surface area contributed by atoms with Crippen LogP contribution in [0.4, 0.5) is 10.5 Å². The molecular weight excluding hydrogens is 348 g/mol. The maximum absolute atomic E-state index is 12.5. The van der Waals surface area contributed by atoms with Gasteiger partial charge >= 0.3 is 6.09 Å². The zero-order valence-electron chi connectivity index (χ0n) is 15.0. The third-order valence-electron chi connectivity index (χ3n) is 4.35. The second-order valence-corrected chi connectivity index (χ2v) is 6.15. The molecule has 2 atom stereocenters. The van der Waals surface area contributed by atoms with E-state index < -0.39 is 18.2 Å². The summed E-state index contributed by atoms with van der Waals surface area (Å²) in [7, 11) is 1.54. The summed E-state index contributed by atoms with van der Waals surface area (Å²) in [6.45, 7) is 1.47. The summed E-state index contributed by atoms with van der Waals surface area (Å²) in [6, 6.07) is 14.3. The van der Waals surface area contributed by atoms with Crippen LogP contribution in [0.2, 0.25) is 0 Å². The first-order valence-corrected chi connectivity index (χ1v) is 8.46. The van der Waals surface area contributed by atoms with Gasteiger partial charge in [0.1, 0.15) is 24.4 Å². The van der Waals surface area contributed by atoms with E-state index >= 15 is 0 Å². The molecule has 0 radical (unpaired) electrons. The number of Topliss-reactive ketones (excluding diaryl/α,β-unsaturated/α-hetero) is 1. The molecule has 1 aliphatic heterocycles. The molecule has 0 aromatic heterocycles. The maximum atomic E-state index is 12.5. The number of hydrogen-bond acceptors (Lipinski definition) is 5. The molecule has 0 bridgehead atoms. The van der Waals surface area contributed by atoms with Crippen molar-refractivity contribution in [3.63, 3.8) is 0 Å². The number of carbonyl (C=O) groups is 3. The lowest BCUT2D eigenvalue weighted by molar-refractivity contribution is -0.134. The molecule has 1 fully saturated rings. The van der Waals surface area contributed by atoms with Crippen molar-refractivity contribution in [2.24, 2.45) is 0 Å². The van der Waals surface area contributed by atoms with Gasteiger partial charge in [-0.05, 0) is 36.8 Å². The van der Waals surface area contributed by atoms with Crippen molar-refractivity contribution in [2.45, 2.75) is 25.6 Å². The maximum Gasteiger partial charge on any atom is 0.408 e. The fraction of sp³-hybridized carbons (Fsp3) is 0.250. The zero-order valence-corrected chi connectivity index (χ0v) is 15.0. The first-order valence-electron chi connectivity index (χ1n) is 8.46. The van der Waals surface area contributed by atoms with Crippen molar-refractivity contribution in [2.75, 3.05) is 12.0 Å². The van der Waals surface area contributed by atoms with Gasteiger partial charge in [-0.3, -0.25) is 14.5 Å². The van der Waals surface area contributed by atoms with Gasteiger partial charge in [-0.2, -0.15) is 0 Å². The molecule has 0 aliphatic carbocycles. The van der Waals surface area contributed by atoms with E-state index in [2.05, 4.69) is 5.32 Å². The Morgan fingerprint density at radius 3 is 2.33 bits per heavy atom. The van der Waals surface area contributed by atoms with Crippen LogP contribution >= 0.6 is 0 Å². The summed E-state index contributed by atoms with van der Waals surface area (Å²) in [6.07, 6.45) is -0.738. The van der Waals surface area contributed by atoms with Gasteiger partial charge < -0.3 is 14.8 Å². The average molecular weight is 368 g/mol. The largest absolute Gasteiger partial charge is 0.497 e. The number of ether oxygens (including phenoxy) is 2. The number of nitrogens with zero attached hydrogens (tertiary/aromatic N) is 1. The van der Waals surface area contributed by atoms with Crippen LogP contribution in [0.15, 0.2) is 54.6 Å². The molecular formula is C20H20N2O5. The SMILES string of the molecule is COc1ccc(N2C(=O)C(NC(=O)OCc3ccccc3)C2C(C)=O)cc1. The van der Waals surface area contributed by atoms with Gasteiger partial charge in [0.25, 0.3) is 5.91 Å². The third kappa shape index (κ3) is 3.92. The molecule has 27 heavy (non-hydrogen) atoms. The molecule has 1 saturated heterocycles. The van der Waals surface area contributed by atoms with Gasteiger partial charge in [0.05, 0.1) is 7.11 Å². The zero-order chi connectivity index (χ0) is 19.4. The lowest BCUT2D eigenvalue weighted by Crippen LogP contribution is -2.73. The lowest BCUT2D eigenvalue weighted by atomic mass is 9.91. The molecule has 2 amide bonds. The Morgan fingerprint density at radius 2 is 1.74 bits per heavy atom. The number of anilines is 1. The number of β-lactam (4-membered cyclic amide) rings is 1. The highest BCUT2D eigenvalue weighted by atomic mass is 16.5. The molecule has 3 rings (SSSR count). The standard InChI is InChI=1S/C20H20N2O5/c1-13(23)18-17(21-20(25)27-12-14-6-4-3-5-7-14)19(24)22(18)15-8-10-16(26-2)11-9-15/h3-11,17-18H,12H2,1-2H3,(H,21,25). The summed E-state index contributed by atoms with van der Waals surface area (Å²) in [5.74, 6) is 0.0565. The van der Waals surface area contributed by atoms with Crippen LogP contribution in [-0.2, 0) is 20.9 Å². The Kier molecular flexibility index (Phi) is 5.40. The summed E-state index contributed by atoms with van der Waals surface area (Å²) in [4.78, 5) is 37.9. The molecule has 1 aliphatic rings. The second-order valence-electron chi connectivity index (χ2n) is 6.15. The molecule has 2 aromatic rings. The molecule has 0 saturated carbocycles. The summed E-state index contributed by atoms with van der Waals surface area (Å²) in [5.41, 5.74) is 1.40. The number of methoxy groups -OCH3 is 1. The quantitative estimate of drug-likeness (QED) is 0.791. The number of ketones is 1. The number of carbonyl (C=O) groups excluding carboxylic acids is 3. The van der Waals surface area contributed by atoms with Gasteiger partial charge in [-0.15, -0.1) is 0 Å². The Hall–Kier alpha value is -3.35. The van der Waals surface area contributed by atoms with Gasteiger partial charge in [0, 0.05) is 5.69 Å². The van der Waals surface area contributed by atoms with E-state index in [1.54, 1.807) is 31.4 Å². The van der Waals surface area contributed by atoms with E-state index in [0.717, 1.165) is 5.56 Å². The van der Waals surface area contributed by atoms with Gasteiger partial charge in [-0.25, -0.2) is 4.79 Å². The molecule has 7 nitrogen and oxygen atoms in total. The average Bonchev–Trinajstić information content (AvgIpc) is 2.69. The monoisotopic (exact) mass is 368 g/mol. The Balaban J connectivity index is 1.64. The van der Waals surface area contributed by atoms with E-state index in [1.807, 2.05) is 30.3 Å². The smallest absolute Gasteiger partial charge is 0.408 e. The number of alkyl carbamates (subject to hydrolysis) is 1. The van der Waals surface area contributed by atoms with Crippen molar-refractivity contribution < 1.29 is 23.9 Å². The van der Waals surface area contributed by atoms with Crippen LogP contribution in [0, 0.1) is 0 Å². The fourth-order valence-corrected chi connectivity index (χ4v) is 2.97. The number of amides is 2. The highest BCUT2D eigenvalue weighted by Gasteiger charge is 2.51. The molecule has 7 heteroatoms. The molecule has 1 N–H and O–H groups in total. The van der Waals surface area contributed by atoms with Crippen molar-refractivity contribution in [3.8, 4) is 5.75 Å². The molecule has 0 spiro atoms. The molecule has 140 valence electrons. The topological polar surface area (TPSA) is 84.9 Å². The summed E-state index contributed by atoms with van der Waals surface area (Å²) < 4.78 is 10.2. The van der Waals surface area contributed by atoms with Crippen LogP contribution < -0.4 is 15.0 Å². The predicted molar refractivity (Wildman–Crippen MR) is 98.5 cm³/mol. The van der Waals surface area contributed by atoms with E-state index in [4.69, 9.17) is 9.47 Å². The van der Waals surface area contributed by atoms with Crippen LogP contribution in [0.5, 0.6) is 5.75 Å². The van der Waals surface area contributed by atoms with Crippen molar-refractivity contribution in [3.05, 3.63) is 60.2 Å². The number of hydrogen-bond donors (Lipinski definition) is 1. The van der Waals surface area contributed by atoms with E-state index in [9.17, 15) is 14.4 Å². The molecule has 2 aromatic carbocycles. The van der Waals surface area contributed by atoms with Crippen LogP contribution in [-0.4, -0.2) is 37.0 Å². The minimum atomic E-state index is -0.937. The normalized spacial score (nSPS) is 18.4. The van der Waals surface area contributed by atoms with Crippen LogP contribution in [0.1, 0.15) is 12.5 Å². The lowest BCUT2D eigenvalue weighted by Gasteiger charge is -2.45. The van der Waals surface area contributed by atoms with Crippen LogP contribution in [0.25, 0.3) is 0 Å². The van der Waals surface area contributed by atoms with E-state index in [-0.39, 0.29) is 18.3 Å². The second kappa shape index (κ2) is 7.90. The highest BCUT2D eigenvalue weighted by Crippen LogP contribution is 2.30.